The highest BCUT2D eigenvalue weighted by Gasteiger charge is 2.47. The van der Waals surface area contributed by atoms with E-state index in [-0.39, 0.29) is 16.2 Å². The third-order valence-electron chi connectivity index (χ3n) is 9.89. The Morgan fingerprint density at radius 1 is 0.732 bits per heavy atom. The topological polar surface area (TPSA) is 27.7 Å². The largest absolute Gasteiger partial charge is 0.544 e. The van der Waals surface area contributed by atoms with Gasteiger partial charge in [-0.1, -0.05) is 73.3 Å². The maximum Gasteiger partial charge on any atom is 0.250 e. The van der Waals surface area contributed by atoms with Crippen LogP contribution < -0.4 is 13.6 Å². The number of ether oxygens (including phenoxy) is 1. The van der Waals surface area contributed by atoms with E-state index in [1.165, 1.54) is 11.1 Å². The first kappa shape index (κ1) is 32.0. The maximum absolute atomic E-state index is 6.86. The average molecular weight is 607 g/mol. The van der Waals surface area contributed by atoms with Gasteiger partial charge in [0.2, 0.25) is 16.6 Å². The van der Waals surface area contributed by atoms with Crippen LogP contribution >= 0.6 is 0 Å². The maximum atomic E-state index is 6.86. The summed E-state index contributed by atoms with van der Waals surface area (Å²) in [6.07, 6.45) is 2.25. The van der Waals surface area contributed by atoms with E-state index in [4.69, 9.17) is 13.6 Å². The fraction of sp³-hybridized carbons (Fsp3) is 0.600. The number of hydrogen-bond acceptors (Lipinski definition) is 3. The molecule has 0 saturated heterocycles. The molecule has 2 aliphatic rings. The average Bonchev–Trinajstić information content (AvgIpc) is 3.25. The summed E-state index contributed by atoms with van der Waals surface area (Å²) < 4.78 is 20.2. The molecule has 0 aromatic heterocycles. The van der Waals surface area contributed by atoms with Crippen LogP contribution in [0.3, 0.4) is 0 Å². The molecule has 6 heteroatoms. The summed E-state index contributed by atoms with van der Waals surface area (Å²) in [6, 6.07) is 15.3. The molecule has 2 aromatic rings. The summed E-state index contributed by atoms with van der Waals surface area (Å²) in [5, 5.41) is 0.310. The predicted molar refractivity (Wildman–Crippen MR) is 182 cm³/mol. The van der Waals surface area contributed by atoms with E-state index in [1.807, 2.05) is 0 Å². The molecule has 1 aliphatic heterocycles. The van der Waals surface area contributed by atoms with Crippen molar-refractivity contribution in [2.24, 2.45) is 11.8 Å². The second-order valence-electron chi connectivity index (χ2n) is 16.4. The predicted octanol–water partition coefficient (Wildman–Crippen LogP) is 10.6. The highest BCUT2D eigenvalue weighted by molar-refractivity contribution is 6.83. The second kappa shape index (κ2) is 11.0. The monoisotopic (exact) mass is 606 g/mol. The second-order valence-corrected chi connectivity index (χ2v) is 30.6. The number of rotatable bonds is 5. The van der Waals surface area contributed by atoms with Crippen LogP contribution in [0.2, 0.25) is 55.9 Å². The zero-order valence-corrected chi connectivity index (χ0v) is 31.0. The van der Waals surface area contributed by atoms with E-state index in [0.29, 0.717) is 17.8 Å². The van der Waals surface area contributed by atoms with Gasteiger partial charge in [-0.15, -0.1) is 11.5 Å². The van der Waals surface area contributed by atoms with E-state index in [1.54, 1.807) is 0 Å². The summed E-state index contributed by atoms with van der Waals surface area (Å²) in [6.45, 7) is 30.0. The van der Waals surface area contributed by atoms with Crippen molar-refractivity contribution in [1.29, 1.82) is 0 Å². The molecule has 0 radical (unpaired) electrons. The molecule has 4 rings (SSSR count). The van der Waals surface area contributed by atoms with Crippen molar-refractivity contribution in [1.82, 2.24) is 0 Å². The van der Waals surface area contributed by atoms with Gasteiger partial charge in [0.1, 0.15) is 31.4 Å². The molecule has 1 saturated carbocycles. The molecular formula is C35H54O3Si3. The lowest BCUT2D eigenvalue weighted by atomic mass is 9.77. The molecule has 1 fully saturated rings. The molecular weight excluding hydrogens is 553 g/mol. The molecule has 0 amide bonds. The Balaban J connectivity index is 1.69. The first-order valence-electron chi connectivity index (χ1n) is 15.5. The molecule has 2 aromatic carbocycles. The van der Waals surface area contributed by atoms with Gasteiger partial charge in [-0.3, -0.25) is 0 Å². The van der Waals surface area contributed by atoms with E-state index < -0.39 is 24.7 Å². The third kappa shape index (κ3) is 7.00. The van der Waals surface area contributed by atoms with Gasteiger partial charge in [0.25, 0.3) is 0 Å². The number of benzene rings is 2. The van der Waals surface area contributed by atoms with Gasteiger partial charge < -0.3 is 13.6 Å². The van der Waals surface area contributed by atoms with Crippen LogP contribution in [0.15, 0.2) is 42.5 Å². The minimum Gasteiger partial charge on any atom is -0.544 e. The lowest BCUT2D eigenvalue weighted by Crippen LogP contribution is -2.43. The molecule has 1 aliphatic carbocycles. The molecule has 0 bridgehead atoms. The first-order chi connectivity index (χ1) is 18.7. The Morgan fingerprint density at radius 2 is 1.27 bits per heavy atom. The van der Waals surface area contributed by atoms with Gasteiger partial charge in [-0.25, -0.2) is 0 Å². The normalized spacial score (nSPS) is 23.0. The first-order valence-corrected chi connectivity index (χ1v) is 24.8. The Morgan fingerprint density at radius 3 is 1.80 bits per heavy atom. The fourth-order valence-electron chi connectivity index (χ4n) is 5.41. The van der Waals surface area contributed by atoms with Crippen molar-refractivity contribution in [2.45, 2.75) is 122 Å². The standard InChI is InChI=1S/C35H54O3Si3/c1-34(2,3)40(10,11)37-27-17-14-26(15-18-27)33-29-20-16-25(22-23-39(7,8)9)32(29)30-24-28(19-21-31(30)36-33)38-41(12,13)35(4,5)6/h14-15,17-19,21,24-25,29,32-33H,16,20H2,1-13H3. The summed E-state index contributed by atoms with van der Waals surface area (Å²) in [4.78, 5) is 0. The van der Waals surface area contributed by atoms with E-state index >= 15 is 0 Å². The van der Waals surface area contributed by atoms with Gasteiger partial charge in [-0.2, -0.15) is 0 Å². The van der Waals surface area contributed by atoms with Crippen LogP contribution in [0.4, 0.5) is 0 Å². The molecule has 1 heterocycles. The highest BCUT2D eigenvalue weighted by atomic mass is 28.4. The Hall–Kier alpha value is -1.95. The summed E-state index contributed by atoms with van der Waals surface area (Å²) in [7, 11) is -5.33. The van der Waals surface area contributed by atoms with Gasteiger partial charge in [0, 0.05) is 23.3 Å². The molecule has 4 atom stereocenters. The van der Waals surface area contributed by atoms with Crippen LogP contribution in [-0.4, -0.2) is 24.7 Å². The molecule has 4 unspecified atom stereocenters. The van der Waals surface area contributed by atoms with E-state index in [0.717, 1.165) is 30.1 Å². The SMILES string of the molecule is CC(C)(C)[Si](C)(C)Oc1ccc(C2Oc3ccc(O[Si](C)(C)C(C)(C)C)cc3C3C(C#C[Si](C)(C)C)CCC23)cc1. The van der Waals surface area contributed by atoms with E-state index in [9.17, 15) is 0 Å². The zero-order chi connectivity index (χ0) is 30.6. The third-order valence-corrected chi connectivity index (χ3v) is 19.5. The van der Waals surface area contributed by atoms with Crippen LogP contribution in [0.5, 0.6) is 17.2 Å². The lowest BCUT2D eigenvalue weighted by molar-refractivity contribution is 0.101. The summed E-state index contributed by atoms with van der Waals surface area (Å²) in [5.74, 6) is 7.80. The van der Waals surface area contributed by atoms with Gasteiger partial charge >= 0.3 is 0 Å². The van der Waals surface area contributed by atoms with Crippen LogP contribution in [0, 0.1) is 23.3 Å². The lowest BCUT2D eigenvalue weighted by Gasteiger charge is -2.39. The molecule has 41 heavy (non-hydrogen) atoms. The zero-order valence-electron chi connectivity index (χ0n) is 28.0. The fourth-order valence-corrected chi connectivity index (χ4v) is 8.08. The molecule has 0 spiro atoms. The van der Waals surface area contributed by atoms with Crippen molar-refractivity contribution in [3.63, 3.8) is 0 Å². The smallest absolute Gasteiger partial charge is 0.250 e. The minimum atomic E-state index is -1.95. The summed E-state index contributed by atoms with van der Waals surface area (Å²) >= 11 is 0. The molecule has 0 N–H and O–H groups in total. The quantitative estimate of drug-likeness (QED) is 0.250. The van der Waals surface area contributed by atoms with Crippen molar-refractivity contribution >= 4 is 24.7 Å². The van der Waals surface area contributed by atoms with Crippen molar-refractivity contribution in [3.8, 4) is 28.7 Å². The van der Waals surface area contributed by atoms with Crippen molar-refractivity contribution in [2.75, 3.05) is 0 Å². The Bertz CT molecular complexity index is 1300. The Kier molecular flexibility index (Phi) is 8.54. The van der Waals surface area contributed by atoms with E-state index in [2.05, 4.69) is 141 Å². The number of fused-ring (bicyclic) bond motifs is 3. The highest BCUT2D eigenvalue weighted by Crippen LogP contribution is 2.57. The van der Waals surface area contributed by atoms with Gasteiger partial charge in [0.15, 0.2) is 0 Å². The van der Waals surface area contributed by atoms with Crippen molar-refractivity contribution < 1.29 is 13.6 Å². The Labute approximate surface area is 254 Å². The van der Waals surface area contributed by atoms with Gasteiger partial charge in [0.05, 0.1) is 0 Å². The van der Waals surface area contributed by atoms with Crippen LogP contribution in [0.1, 0.15) is 77.5 Å². The number of hydrogen-bond donors (Lipinski definition) is 0. The summed E-state index contributed by atoms with van der Waals surface area (Å²) in [5.41, 5.74) is 6.22. The molecule has 224 valence electrons. The van der Waals surface area contributed by atoms with Gasteiger partial charge in [-0.05, 0) is 85.0 Å². The molecule has 3 nitrogen and oxygen atoms in total. The van der Waals surface area contributed by atoms with Crippen LogP contribution in [-0.2, 0) is 0 Å². The minimum absolute atomic E-state index is 0.0141. The van der Waals surface area contributed by atoms with Crippen LogP contribution in [0.25, 0.3) is 0 Å². The van der Waals surface area contributed by atoms with Crippen molar-refractivity contribution in [3.05, 3.63) is 53.6 Å².